The van der Waals surface area contributed by atoms with E-state index < -0.39 is 0 Å². The number of amides is 1. The summed E-state index contributed by atoms with van der Waals surface area (Å²) in [5.41, 5.74) is 3.58. The fraction of sp³-hybridized carbons (Fsp3) is 0.381. The van der Waals surface area contributed by atoms with Gasteiger partial charge in [-0.1, -0.05) is 36.4 Å². The van der Waals surface area contributed by atoms with Gasteiger partial charge in [-0.15, -0.1) is 0 Å². The maximum absolute atomic E-state index is 12.6. The molecule has 3 aliphatic heterocycles. The number of piperidine rings is 1. The number of carbonyl (C=O) groups is 1. The summed E-state index contributed by atoms with van der Waals surface area (Å²) in [5, 5.41) is 0. The molecule has 0 spiro atoms. The van der Waals surface area contributed by atoms with Crippen molar-refractivity contribution in [1.29, 1.82) is 0 Å². The Morgan fingerprint density at radius 3 is 2.40 bits per heavy atom. The van der Waals surface area contributed by atoms with Crippen LogP contribution in [0, 0.1) is 6.92 Å². The first-order chi connectivity index (χ1) is 12.2. The van der Waals surface area contributed by atoms with Gasteiger partial charge in [-0.2, -0.15) is 0 Å². The summed E-state index contributed by atoms with van der Waals surface area (Å²) < 4.78 is 5.65. The van der Waals surface area contributed by atoms with Gasteiger partial charge in [0.2, 0.25) is 0 Å². The van der Waals surface area contributed by atoms with Crippen LogP contribution in [0.5, 0.6) is 5.75 Å². The van der Waals surface area contributed by atoms with Crippen LogP contribution in [0.3, 0.4) is 0 Å². The highest BCUT2D eigenvalue weighted by atomic mass is 16.6. The van der Waals surface area contributed by atoms with E-state index in [-0.39, 0.29) is 6.09 Å². The molecule has 2 aromatic rings. The van der Waals surface area contributed by atoms with E-state index in [2.05, 4.69) is 24.0 Å². The minimum absolute atomic E-state index is 0.211. The molecule has 0 saturated carbocycles. The first-order valence-corrected chi connectivity index (χ1v) is 9.07. The number of rotatable bonds is 2. The van der Waals surface area contributed by atoms with Gasteiger partial charge in [0.1, 0.15) is 5.75 Å². The first kappa shape index (κ1) is 16.2. The van der Waals surface area contributed by atoms with Crippen molar-refractivity contribution in [3.05, 3.63) is 54.1 Å². The van der Waals surface area contributed by atoms with Gasteiger partial charge < -0.3 is 14.5 Å². The van der Waals surface area contributed by atoms with Crippen LogP contribution in [0.2, 0.25) is 0 Å². The quantitative estimate of drug-likeness (QED) is 0.833. The van der Waals surface area contributed by atoms with Gasteiger partial charge >= 0.3 is 6.09 Å². The molecule has 2 bridgehead atoms. The Hall–Kier alpha value is -2.33. The van der Waals surface area contributed by atoms with E-state index in [0.29, 0.717) is 11.8 Å². The number of ether oxygens (including phenoxy) is 1. The van der Waals surface area contributed by atoms with E-state index in [4.69, 9.17) is 4.74 Å². The lowest BCUT2D eigenvalue weighted by molar-refractivity contribution is 0.131. The third-order valence-corrected chi connectivity index (χ3v) is 5.41. The van der Waals surface area contributed by atoms with Crippen LogP contribution in [0.4, 0.5) is 4.79 Å². The molecule has 130 valence electrons. The van der Waals surface area contributed by atoms with Gasteiger partial charge in [-0.05, 0) is 48.6 Å². The summed E-state index contributed by atoms with van der Waals surface area (Å²) >= 11 is 0. The molecule has 0 N–H and O–H groups in total. The minimum Gasteiger partial charge on any atom is -0.410 e. The lowest BCUT2D eigenvalue weighted by Gasteiger charge is -2.30. The Bertz CT molecular complexity index is 749. The average molecular weight is 336 g/mol. The highest BCUT2D eigenvalue weighted by Crippen LogP contribution is 2.26. The van der Waals surface area contributed by atoms with E-state index in [1.54, 1.807) is 0 Å². The molecular formula is C21H24N2O2. The zero-order valence-corrected chi connectivity index (χ0v) is 14.6. The molecule has 3 heterocycles. The van der Waals surface area contributed by atoms with Crippen molar-refractivity contribution in [2.24, 2.45) is 0 Å². The van der Waals surface area contributed by atoms with Gasteiger partial charge in [-0.3, -0.25) is 0 Å². The second kappa shape index (κ2) is 6.89. The van der Waals surface area contributed by atoms with E-state index in [1.165, 1.54) is 11.1 Å². The molecule has 0 atom stereocenters. The van der Waals surface area contributed by atoms with Crippen LogP contribution in [0.1, 0.15) is 18.4 Å². The average Bonchev–Trinajstić information content (AvgIpc) is 2.97. The largest absolute Gasteiger partial charge is 0.415 e. The lowest BCUT2D eigenvalue weighted by atomic mass is 10.0. The van der Waals surface area contributed by atoms with Gasteiger partial charge in [-0.25, -0.2) is 4.79 Å². The van der Waals surface area contributed by atoms with Crippen molar-refractivity contribution in [3.8, 4) is 16.9 Å². The van der Waals surface area contributed by atoms with Crippen LogP contribution in [0.15, 0.2) is 48.5 Å². The predicted molar refractivity (Wildman–Crippen MR) is 98.8 cm³/mol. The summed E-state index contributed by atoms with van der Waals surface area (Å²) in [7, 11) is 0. The third-order valence-electron chi connectivity index (χ3n) is 5.41. The van der Waals surface area contributed by atoms with Crippen LogP contribution < -0.4 is 4.74 Å². The number of nitrogens with zero attached hydrogens (tertiary/aromatic N) is 2. The highest BCUT2D eigenvalue weighted by Gasteiger charge is 2.32. The molecular weight excluding hydrogens is 312 g/mol. The Morgan fingerprint density at radius 1 is 0.960 bits per heavy atom. The van der Waals surface area contributed by atoms with Crippen LogP contribution >= 0.6 is 0 Å². The monoisotopic (exact) mass is 336 g/mol. The van der Waals surface area contributed by atoms with Gasteiger partial charge in [0, 0.05) is 32.2 Å². The molecule has 4 heteroatoms. The maximum Gasteiger partial charge on any atom is 0.415 e. The maximum atomic E-state index is 12.6. The van der Waals surface area contributed by atoms with E-state index in [9.17, 15) is 4.79 Å². The molecule has 25 heavy (non-hydrogen) atoms. The topological polar surface area (TPSA) is 32.8 Å². The zero-order valence-electron chi connectivity index (χ0n) is 14.6. The SMILES string of the molecule is Cc1ccccc1-c1ccc(OC(=O)N2CCN3CCC2CC3)cc1. The number of carbonyl (C=O) groups excluding carboxylic acids is 1. The van der Waals surface area contributed by atoms with E-state index in [0.717, 1.165) is 44.6 Å². The molecule has 1 amide bonds. The van der Waals surface area contributed by atoms with Crippen molar-refractivity contribution in [3.63, 3.8) is 0 Å². The Labute approximate surface area is 149 Å². The summed E-state index contributed by atoms with van der Waals surface area (Å²) in [6, 6.07) is 16.4. The molecule has 5 rings (SSSR count). The molecule has 0 radical (unpaired) electrons. The summed E-state index contributed by atoms with van der Waals surface area (Å²) in [6.45, 7) is 6.02. The summed E-state index contributed by atoms with van der Waals surface area (Å²) in [5.74, 6) is 0.612. The lowest BCUT2D eigenvalue weighted by Crippen LogP contribution is -2.43. The van der Waals surface area contributed by atoms with Crippen molar-refractivity contribution in [2.45, 2.75) is 25.8 Å². The van der Waals surface area contributed by atoms with E-state index in [1.807, 2.05) is 41.3 Å². The molecule has 3 fully saturated rings. The molecule has 0 aromatic heterocycles. The molecule has 3 saturated heterocycles. The van der Waals surface area contributed by atoms with Crippen molar-refractivity contribution in [1.82, 2.24) is 9.80 Å². The predicted octanol–water partition coefficient (Wildman–Crippen LogP) is 3.94. The third kappa shape index (κ3) is 3.40. The molecule has 4 nitrogen and oxygen atoms in total. The number of hydrogen-bond donors (Lipinski definition) is 0. The van der Waals surface area contributed by atoms with Gasteiger partial charge in [0.05, 0.1) is 0 Å². The molecule has 3 aliphatic rings. The van der Waals surface area contributed by atoms with Crippen LogP contribution in [0.25, 0.3) is 11.1 Å². The van der Waals surface area contributed by atoms with Crippen molar-refractivity contribution < 1.29 is 9.53 Å². The smallest absolute Gasteiger partial charge is 0.410 e. The van der Waals surface area contributed by atoms with Crippen molar-refractivity contribution >= 4 is 6.09 Å². The van der Waals surface area contributed by atoms with Crippen molar-refractivity contribution in [2.75, 3.05) is 26.2 Å². The minimum atomic E-state index is -0.211. The molecule has 2 aromatic carbocycles. The second-order valence-corrected chi connectivity index (χ2v) is 6.97. The fourth-order valence-corrected chi connectivity index (χ4v) is 3.89. The summed E-state index contributed by atoms with van der Waals surface area (Å²) in [6.07, 6.45) is 1.90. The Kier molecular flexibility index (Phi) is 4.45. The van der Waals surface area contributed by atoms with Crippen LogP contribution in [-0.2, 0) is 0 Å². The van der Waals surface area contributed by atoms with E-state index >= 15 is 0 Å². The number of aryl methyl sites for hydroxylation is 1. The zero-order chi connectivity index (χ0) is 17.2. The fourth-order valence-electron chi connectivity index (χ4n) is 3.89. The normalized spacial score (nSPS) is 22.5. The molecule has 0 aliphatic carbocycles. The summed E-state index contributed by atoms with van der Waals surface area (Å²) in [4.78, 5) is 17.0. The van der Waals surface area contributed by atoms with Gasteiger partial charge in [0.15, 0.2) is 0 Å². The Balaban J connectivity index is 1.46. The second-order valence-electron chi connectivity index (χ2n) is 6.97. The van der Waals surface area contributed by atoms with Gasteiger partial charge in [0.25, 0.3) is 0 Å². The number of fused-ring (bicyclic) bond motifs is 4. The number of hydrogen-bond acceptors (Lipinski definition) is 3. The molecule has 0 unspecified atom stereocenters. The number of benzene rings is 2. The van der Waals surface area contributed by atoms with Crippen LogP contribution in [-0.4, -0.2) is 48.1 Å². The highest BCUT2D eigenvalue weighted by molar-refractivity contribution is 5.72. The first-order valence-electron chi connectivity index (χ1n) is 9.07. The standard InChI is InChI=1S/C21H24N2O2/c1-16-4-2-3-5-20(16)17-6-8-19(9-7-17)25-21(24)23-15-14-22-12-10-18(23)11-13-22/h2-9,18H,10-15H2,1H3. The Morgan fingerprint density at radius 2 is 1.68 bits per heavy atom.